The lowest BCUT2D eigenvalue weighted by Crippen LogP contribution is -2.51. The third kappa shape index (κ3) is 2.84. The molecule has 0 radical (unpaired) electrons. The highest BCUT2D eigenvalue weighted by atomic mass is 32.1. The van der Waals surface area contributed by atoms with E-state index >= 15 is 0 Å². The Balaban J connectivity index is 1.49. The Kier molecular flexibility index (Phi) is 3.79. The van der Waals surface area contributed by atoms with Crippen LogP contribution in [0, 0.1) is 5.82 Å². The van der Waals surface area contributed by atoms with E-state index in [4.69, 9.17) is 0 Å². The smallest absolute Gasteiger partial charge is 0.317 e. The first-order valence-electron chi connectivity index (χ1n) is 7.80. The number of hydrogen-bond acceptors (Lipinski definition) is 3. The first kappa shape index (κ1) is 14.7. The summed E-state index contributed by atoms with van der Waals surface area (Å²) in [6, 6.07) is 9.56. The summed E-state index contributed by atoms with van der Waals surface area (Å²) in [6.07, 6.45) is 0. The van der Waals surface area contributed by atoms with Crippen LogP contribution in [0.2, 0.25) is 0 Å². The van der Waals surface area contributed by atoms with Crippen molar-refractivity contribution < 1.29 is 9.18 Å². The van der Waals surface area contributed by atoms with Crippen molar-refractivity contribution in [2.75, 3.05) is 26.2 Å². The number of carbonyl (C=O) groups excluding carboxylic acids is 1. The van der Waals surface area contributed by atoms with Crippen molar-refractivity contribution in [3.05, 3.63) is 47.1 Å². The summed E-state index contributed by atoms with van der Waals surface area (Å²) in [5.74, 6) is -0.174. The predicted octanol–water partition coefficient (Wildman–Crippen LogP) is 2.76. The summed E-state index contributed by atoms with van der Waals surface area (Å²) in [7, 11) is 0. The highest BCUT2D eigenvalue weighted by Gasteiger charge is 2.35. The highest BCUT2D eigenvalue weighted by molar-refractivity contribution is 7.13. The molecular weight excluding hydrogens is 313 g/mol. The molecule has 2 amide bonds. The van der Waals surface area contributed by atoms with Gasteiger partial charge in [-0.1, -0.05) is 12.1 Å². The molecular formula is C17H18FN3OS. The molecule has 0 bridgehead atoms. The van der Waals surface area contributed by atoms with E-state index in [1.165, 1.54) is 0 Å². The minimum Gasteiger partial charge on any atom is -0.336 e. The molecule has 2 aliphatic heterocycles. The first-order valence-corrected chi connectivity index (χ1v) is 8.68. The summed E-state index contributed by atoms with van der Waals surface area (Å²) < 4.78 is 14.1. The van der Waals surface area contributed by atoms with Crippen LogP contribution < -0.4 is 5.32 Å². The maximum Gasteiger partial charge on any atom is 0.317 e. The third-order valence-corrected chi connectivity index (χ3v) is 5.44. The lowest BCUT2D eigenvalue weighted by atomic mass is 10.1. The van der Waals surface area contributed by atoms with E-state index in [0.717, 1.165) is 43.2 Å². The number of fused-ring (bicyclic) bond motifs is 1. The van der Waals surface area contributed by atoms with Crippen molar-refractivity contribution in [3.8, 4) is 10.4 Å². The topological polar surface area (TPSA) is 35.6 Å². The number of halogens is 1. The summed E-state index contributed by atoms with van der Waals surface area (Å²) in [4.78, 5) is 16.9. The number of rotatable bonds is 3. The maximum atomic E-state index is 14.1. The van der Waals surface area contributed by atoms with Gasteiger partial charge in [-0.15, -0.1) is 11.3 Å². The second-order valence-electron chi connectivity index (χ2n) is 6.06. The fourth-order valence-corrected chi connectivity index (χ4v) is 4.11. The number of urea groups is 1. The number of thiophene rings is 1. The highest BCUT2D eigenvalue weighted by Crippen LogP contribution is 2.28. The van der Waals surface area contributed by atoms with Crippen LogP contribution in [0.15, 0.2) is 35.7 Å². The molecule has 0 saturated carbocycles. The van der Waals surface area contributed by atoms with Crippen LogP contribution in [0.5, 0.6) is 0 Å². The molecule has 6 heteroatoms. The zero-order valence-electron chi connectivity index (χ0n) is 12.7. The van der Waals surface area contributed by atoms with Gasteiger partial charge in [0.1, 0.15) is 5.82 Å². The fourth-order valence-electron chi connectivity index (χ4n) is 3.36. The number of benzene rings is 1. The average molecular weight is 331 g/mol. The quantitative estimate of drug-likeness (QED) is 0.939. The minimum absolute atomic E-state index is 0.0522. The molecule has 0 aliphatic carbocycles. The molecule has 1 aromatic carbocycles. The Morgan fingerprint density at radius 1 is 1.30 bits per heavy atom. The number of amides is 2. The number of carbonyl (C=O) groups is 1. The van der Waals surface area contributed by atoms with E-state index < -0.39 is 0 Å². The van der Waals surface area contributed by atoms with Crippen LogP contribution >= 0.6 is 11.3 Å². The number of nitrogens with one attached hydrogen (secondary N) is 1. The van der Waals surface area contributed by atoms with E-state index in [2.05, 4.69) is 10.2 Å². The number of hydrogen-bond donors (Lipinski definition) is 1. The molecule has 0 unspecified atom stereocenters. The summed E-state index contributed by atoms with van der Waals surface area (Å²) in [6.45, 7) is 3.99. The van der Waals surface area contributed by atoms with Gasteiger partial charge in [-0.3, -0.25) is 4.90 Å². The second-order valence-corrected chi connectivity index (χ2v) is 7.01. The normalized spacial score (nSPS) is 21.3. The van der Waals surface area contributed by atoms with Gasteiger partial charge < -0.3 is 10.2 Å². The van der Waals surface area contributed by atoms with Crippen LogP contribution in [0.4, 0.5) is 9.18 Å². The van der Waals surface area contributed by atoms with Crippen LogP contribution in [-0.4, -0.2) is 48.1 Å². The SMILES string of the molecule is O=C1NC[C@H]2CN(Cc3ccc(F)c(-c4cccs4)c3)CCN12. The van der Waals surface area contributed by atoms with Crippen molar-refractivity contribution in [2.45, 2.75) is 12.6 Å². The van der Waals surface area contributed by atoms with Crippen LogP contribution in [0.25, 0.3) is 10.4 Å². The Bertz CT molecular complexity index is 719. The van der Waals surface area contributed by atoms with E-state index in [9.17, 15) is 9.18 Å². The summed E-state index contributed by atoms with van der Waals surface area (Å²) >= 11 is 1.55. The summed E-state index contributed by atoms with van der Waals surface area (Å²) in [5.41, 5.74) is 1.79. The molecule has 1 aromatic heterocycles. The van der Waals surface area contributed by atoms with Crippen molar-refractivity contribution >= 4 is 17.4 Å². The van der Waals surface area contributed by atoms with Crippen LogP contribution in [0.3, 0.4) is 0 Å². The molecule has 2 fully saturated rings. The van der Waals surface area contributed by atoms with Crippen LogP contribution in [0.1, 0.15) is 5.56 Å². The zero-order valence-corrected chi connectivity index (χ0v) is 13.5. The van der Waals surface area contributed by atoms with Crippen molar-refractivity contribution in [1.29, 1.82) is 0 Å². The van der Waals surface area contributed by atoms with Gasteiger partial charge in [-0.05, 0) is 29.1 Å². The average Bonchev–Trinajstić information content (AvgIpc) is 3.20. The van der Waals surface area contributed by atoms with Gasteiger partial charge in [-0.25, -0.2) is 9.18 Å². The lowest BCUT2D eigenvalue weighted by Gasteiger charge is -2.36. The molecule has 1 atom stereocenters. The van der Waals surface area contributed by atoms with Gasteiger partial charge in [0.2, 0.25) is 0 Å². The monoisotopic (exact) mass is 331 g/mol. The Hall–Kier alpha value is -1.92. The molecule has 3 heterocycles. The molecule has 2 saturated heterocycles. The maximum absolute atomic E-state index is 14.1. The second kappa shape index (κ2) is 5.94. The van der Waals surface area contributed by atoms with Crippen molar-refractivity contribution in [2.24, 2.45) is 0 Å². The van der Waals surface area contributed by atoms with E-state index in [0.29, 0.717) is 5.56 Å². The van der Waals surface area contributed by atoms with Gasteiger partial charge in [0.05, 0.1) is 6.04 Å². The molecule has 2 aliphatic rings. The Labute approximate surface area is 138 Å². The van der Waals surface area contributed by atoms with E-state index in [1.807, 2.05) is 34.5 Å². The fraction of sp³-hybridized carbons (Fsp3) is 0.353. The minimum atomic E-state index is -0.174. The van der Waals surface area contributed by atoms with Gasteiger partial charge in [0.25, 0.3) is 0 Å². The van der Waals surface area contributed by atoms with Gasteiger partial charge in [0, 0.05) is 43.2 Å². The standard InChI is InChI=1S/C17H18FN3OS/c18-15-4-3-12(8-14(15)16-2-1-7-23-16)10-20-5-6-21-13(11-20)9-19-17(21)22/h1-4,7-8,13H,5-6,9-11H2,(H,19,22)/t13-/m0/s1. The number of nitrogens with zero attached hydrogens (tertiary/aromatic N) is 2. The van der Waals surface area contributed by atoms with E-state index in [-0.39, 0.29) is 17.9 Å². The molecule has 4 rings (SSSR count). The molecule has 2 aromatic rings. The molecule has 23 heavy (non-hydrogen) atoms. The molecule has 4 nitrogen and oxygen atoms in total. The van der Waals surface area contributed by atoms with Gasteiger partial charge in [0.15, 0.2) is 0 Å². The predicted molar refractivity (Wildman–Crippen MR) is 88.9 cm³/mol. The summed E-state index contributed by atoms with van der Waals surface area (Å²) in [5, 5.41) is 4.86. The Morgan fingerprint density at radius 2 is 2.22 bits per heavy atom. The van der Waals surface area contributed by atoms with E-state index in [1.54, 1.807) is 17.4 Å². The van der Waals surface area contributed by atoms with Crippen LogP contribution in [-0.2, 0) is 6.54 Å². The van der Waals surface area contributed by atoms with Gasteiger partial charge >= 0.3 is 6.03 Å². The largest absolute Gasteiger partial charge is 0.336 e. The Morgan fingerprint density at radius 3 is 3.04 bits per heavy atom. The molecule has 0 spiro atoms. The number of piperazine rings is 1. The molecule has 1 N–H and O–H groups in total. The first-order chi connectivity index (χ1) is 11.2. The molecule has 120 valence electrons. The third-order valence-electron chi connectivity index (χ3n) is 4.54. The lowest BCUT2D eigenvalue weighted by molar-refractivity contribution is 0.116. The zero-order chi connectivity index (χ0) is 15.8. The van der Waals surface area contributed by atoms with Crippen molar-refractivity contribution in [1.82, 2.24) is 15.1 Å². The van der Waals surface area contributed by atoms with Crippen molar-refractivity contribution in [3.63, 3.8) is 0 Å². The van der Waals surface area contributed by atoms with Gasteiger partial charge in [-0.2, -0.15) is 0 Å².